The fourth-order valence-corrected chi connectivity index (χ4v) is 1.40. The molecule has 0 atom stereocenters. The van der Waals surface area contributed by atoms with Crippen molar-refractivity contribution in [2.45, 2.75) is 0 Å². The summed E-state index contributed by atoms with van der Waals surface area (Å²) >= 11 is 0. The second kappa shape index (κ2) is 5.12. The highest BCUT2D eigenvalue weighted by molar-refractivity contribution is 5.79. The topological polar surface area (TPSA) is 45.5 Å². The van der Waals surface area contributed by atoms with E-state index in [2.05, 4.69) is 5.10 Å². The van der Waals surface area contributed by atoms with Gasteiger partial charge in [-0.15, -0.1) is 0 Å². The molecule has 1 aromatic carbocycles. The zero-order valence-corrected chi connectivity index (χ0v) is 9.69. The number of nitrogens with two attached hydrogens (primary N) is 1. The second-order valence-corrected chi connectivity index (χ2v) is 3.68. The number of nitrogens with zero attached hydrogens (tertiary/aromatic N) is 3. The molecule has 0 aliphatic carbocycles. The lowest BCUT2D eigenvalue weighted by Crippen LogP contribution is -2.43. The van der Waals surface area contributed by atoms with Crippen LogP contribution in [-0.2, 0) is 0 Å². The van der Waals surface area contributed by atoms with Gasteiger partial charge in [0, 0.05) is 24.7 Å². The maximum atomic E-state index is 5.54. The van der Waals surface area contributed by atoms with Gasteiger partial charge in [0.1, 0.15) is 0 Å². The number of benzene rings is 1. The number of aromatic nitrogens is 1. The van der Waals surface area contributed by atoms with Crippen LogP contribution in [0, 0.1) is 0 Å². The van der Waals surface area contributed by atoms with Crippen LogP contribution in [-0.4, -0.2) is 13.3 Å². The molecule has 4 nitrogen and oxygen atoms in total. The number of pyridine rings is 1. The summed E-state index contributed by atoms with van der Waals surface area (Å²) in [5, 5.41) is 6.18. The number of hydrogen-bond donors (Lipinski definition) is 1. The van der Waals surface area contributed by atoms with Gasteiger partial charge in [0.15, 0.2) is 12.4 Å². The smallest absolute Gasteiger partial charge is 0.199 e. The van der Waals surface area contributed by atoms with Gasteiger partial charge in [-0.2, -0.15) is 5.10 Å². The van der Waals surface area contributed by atoms with Gasteiger partial charge in [0.2, 0.25) is 0 Å². The molecule has 0 aliphatic heterocycles. The van der Waals surface area contributed by atoms with E-state index >= 15 is 0 Å². The van der Waals surface area contributed by atoms with E-state index in [9.17, 15) is 0 Å². The lowest BCUT2D eigenvalue weighted by molar-refractivity contribution is -0.638. The first-order chi connectivity index (χ1) is 8.25. The summed E-state index contributed by atoms with van der Waals surface area (Å²) in [6.45, 7) is 0. The van der Waals surface area contributed by atoms with Crippen LogP contribution in [0.15, 0.2) is 60.0 Å². The molecule has 0 amide bonds. The minimum absolute atomic E-state index is 1.01. The van der Waals surface area contributed by atoms with Gasteiger partial charge in [-0.25, -0.2) is 5.84 Å². The Morgan fingerprint density at radius 2 is 1.76 bits per heavy atom. The Morgan fingerprint density at radius 3 is 2.41 bits per heavy atom. The minimum atomic E-state index is 1.01. The van der Waals surface area contributed by atoms with Crippen LogP contribution in [0.4, 0.5) is 5.69 Å². The van der Waals surface area contributed by atoms with Crippen LogP contribution in [0.5, 0.6) is 0 Å². The molecule has 4 heteroatoms. The van der Waals surface area contributed by atoms with Crippen molar-refractivity contribution in [1.82, 2.24) is 0 Å². The third kappa shape index (κ3) is 3.04. The number of nitrogen functional groups attached to an aromatic ring is 1. The van der Waals surface area contributed by atoms with Crippen molar-refractivity contribution in [2.24, 2.45) is 5.10 Å². The molecular weight excluding hydrogens is 212 g/mol. The first kappa shape index (κ1) is 11.1. The van der Waals surface area contributed by atoms with Crippen LogP contribution in [0.3, 0.4) is 0 Å². The van der Waals surface area contributed by atoms with Gasteiger partial charge in [-0.05, 0) is 12.1 Å². The van der Waals surface area contributed by atoms with Gasteiger partial charge in [-0.3, -0.25) is 5.01 Å². The predicted molar refractivity (Wildman–Crippen MR) is 69.2 cm³/mol. The molecule has 0 bridgehead atoms. The molecule has 0 unspecified atom stereocenters. The quantitative estimate of drug-likeness (QED) is 0.370. The van der Waals surface area contributed by atoms with Gasteiger partial charge < -0.3 is 0 Å². The van der Waals surface area contributed by atoms with Crippen LogP contribution in [0.25, 0.3) is 0 Å². The first-order valence-corrected chi connectivity index (χ1v) is 5.35. The second-order valence-electron chi connectivity index (χ2n) is 3.68. The summed E-state index contributed by atoms with van der Waals surface area (Å²) in [4.78, 5) is 0. The minimum Gasteiger partial charge on any atom is -0.269 e. The average molecular weight is 227 g/mol. The predicted octanol–water partition coefficient (Wildman–Crippen LogP) is 1.16. The van der Waals surface area contributed by atoms with E-state index in [-0.39, 0.29) is 0 Å². The summed E-state index contributed by atoms with van der Waals surface area (Å²) in [5.74, 6) is 5.54. The van der Waals surface area contributed by atoms with Crippen molar-refractivity contribution in [3.8, 4) is 0 Å². The molecule has 0 fully saturated rings. The maximum absolute atomic E-state index is 5.54. The number of hydrazone groups is 1. The van der Waals surface area contributed by atoms with Crippen molar-refractivity contribution < 1.29 is 4.68 Å². The summed E-state index contributed by atoms with van der Waals surface area (Å²) < 4.78 is 1.50. The van der Waals surface area contributed by atoms with Gasteiger partial charge >= 0.3 is 0 Å². The van der Waals surface area contributed by atoms with E-state index in [0.29, 0.717) is 0 Å². The normalized spacial score (nSPS) is 10.6. The molecule has 0 spiro atoms. The third-order valence-corrected chi connectivity index (χ3v) is 2.39. The highest BCUT2D eigenvalue weighted by Gasteiger charge is 1.96. The van der Waals surface area contributed by atoms with Crippen molar-refractivity contribution in [2.75, 3.05) is 17.9 Å². The van der Waals surface area contributed by atoms with Crippen molar-refractivity contribution >= 4 is 11.9 Å². The molecule has 0 radical (unpaired) electrons. The Morgan fingerprint density at radius 1 is 1.12 bits per heavy atom. The standard InChI is InChI=1S/C13H15N4/c1-16(13-5-3-2-4-6-13)15-11-12-7-9-17(14)10-8-12/h2-11H,14H2,1H3/q+1. The molecule has 1 heterocycles. The highest BCUT2D eigenvalue weighted by atomic mass is 15.4. The van der Waals surface area contributed by atoms with Crippen molar-refractivity contribution in [1.29, 1.82) is 0 Å². The monoisotopic (exact) mass is 227 g/mol. The summed E-state index contributed by atoms with van der Waals surface area (Å²) in [6, 6.07) is 13.8. The zero-order chi connectivity index (χ0) is 12.1. The van der Waals surface area contributed by atoms with Crippen molar-refractivity contribution in [3.05, 3.63) is 60.4 Å². The fourth-order valence-electron chi connectivity index (χ4n) is 1.40. The van der Waals surface area contributed by atoms with Gasteiger partial charge in [-0.1, -0.05) is 22.9 Å². The molecule has 86 valence electrons. The molecule has 2 N–H and O–H groups in total. The van der Waals surface area contributed by atoms with Gasteiger partial charge in [0.25, 0.3) is 0 Å². The van der Waals surface area contributed by atoms with Gasteiger partial charge in [0.05, 0.1) is 11.9 Å². The first-order valence-electron chi connectivity index (χ1n) is 5.35. The summed E-state index contributed by atoms with van der Waals surface area (Å²) in [6.07, 6.45) is 5.36. The summed E-state index contributed by atoms with van der Waals surface area (Å²) in [5.41, 5.74) is 2.06. The number of rotatable bonds is 3. The Balaban J connectivity index is 2.08. The van der Waals surface area contributed by atoms with E-state index in [4.69, 9.17) is 5.84 Å². The van der Waals surface area contributed by atoms with E-state index in [1.54, 1.807) is 18.6 Å². The van der Waals surface area contributed by atoms with Crippen LogP contribution in [0.2, 0.25) is 0 Å². The Labute approximate surface area is 101 Å². The number of anilines is 1. The number of para-hydroxylation sites is 1. The highest BCUT2D eigenvalue weighted by Crippen LogP contribution is 2.10. The average Bonchev–Trinajstić information content (AvgIpc) is 2.39. The fraction of sp³-hybridized carbons (Fsp3) is 0.0769. The van der Waals surface area contributed by atoms with Crippen LogP contribution in [0.1, 0.15) is 5.56 Å². The molecule has 0 aliphatic rings. The molecule has 0 saturated heterocycles. The SMILES string of the molecule is CN(/N=C/c1cc[n+](N)cc1)c1ccccc1. The Bertz CT molecular complexity index is 491. The van der Waals surface area contributed by atoms with E-state index in [1.807, 2.05) is 54.5 Å². The maximum Gasteiger partial charge on any atom is 0.199 e. The van der Waals surface area contributed by atoms with Crippen LogP contribution < -0.4 is 15.5 Å². The Kier molecular flexibility index (Phi) is 3.35. The zero-order valence-electron chi connectivity index (χ0n) is 9.69. The van der Waals surface area contributed by atoms with E-state index < -0.39 is 0 Å². The lowest BCUT2D eigenvalue weighted by atomic mass is 10.3. The molecule has 2 aromatic rings. The third-order valence-electron chi connectivity index (χ3n) is 2.39. The van der Waals surface area contributed by atoms with Crippen molar-refractivity contribution in [3.63, 3.8) is 0 Å². The Hall–Kier alpha value is -2.36. The lowest BCUT2D eigenvalue weighted by Gasteiger charge is -2.11. The number of hydrogen-bond acceptors (Lipinski definition) is 3. The summed E-state index contributed by atoms with van der Waals surface area (Å²) in [7, 11) is 1.91. The van der Waals surface area contributed by atoms with E-state index in [0.717, 1.165) is 11.3 Å². The molecular formula is C13H15N4+. The molecule has 2 rings (SSSR count). The van der Waals surface area contributed by atoms with E-state index in [1.165, 1.54) is 4.68 Å². The molecule has 0 saturated carbocycles. The molecule has 17 heavy (non-hydrogen) atoms. The molecule has 1 aromatic heterocycles. The van der Waals surface area contributed by atoms with Crippen LogP contribution >= 0.6 is 0 Å². The largest absolute Gasteiger partial charge is 0.269 e.